The molecule has 0 saturated carbocycles. The van der Waals surface area contributed by atoms with Crippen molar-refractivity contribution in [1.29, 1.82) is 0 Å². The van der Waals surface area contributed by atoms with E-state index in [9.17, 15) is 4.79 Å². The van der Waals surface area contributed by atoms with Crippen molar-refractivity contribution in [3.05, 3.63) is 21.3 Å². The van der Waals surface area contributed by atoms with Crippen LogP contribution in [0.25, 0.3) is 0 Å². The van der Waals surface area contributed by atoms with Gasteiger partial charge >= 0.3 is 0 Å². The zero-order chi connectivity index (χ0) is 12.1. The molecule has 0 radical (unpaired) electrons. The van der Waals surface area contributed by atoms with Gasteiger partial charge in [0.15, 0.2) is 5.78 Å². The Labute approximate surface area is 110 Å². The predicted octanol–water partition coefficient (Wildman–Crippen LogP) is 3.27. The van der Waals surface area contributed by atoms with Gasteiger partial charge < -0.3 is 4.90 Å². The molecule has 1 aromatic heterocycles. The Kier molecular flexibility index (Phi) is 5.83. The first-order valence-electron chi connectivity index (χ1n) is 5.06. The molecule has 0 aromatic carbocycles. The summed E-state index contributed by atoms with van der Waals surface area (Å²) in [5.41, 5.74) is 0. The van der Waals surface area contributed by atoms with Crippen LogP contribution in [0.3, 0.4) is 0 Å². The van der Waals surface area contributed by atoms with Gasteiger partial charge in [0.05, 0.1) is 14.5 Å². The van der Waals surface area contributed by atoms with Crippen LogP contribution in [0.15, 0.2) is 12.1 Å². The Morgan fingerprint density at radius 2 is 2.25 bits per heavy atom. The summed E-state index contributed by atoms with van der Waals surface area (Å²) in [6.45, 7) is 2.95. The molecule has 16 heavy (non-hydrogen) atoms. The van der Waals surface area contributed by atoms with Gasteiger partial charge in [-0.2, -0.15) is 0 Å². The molecule has 1 unspecified atom stereocenters. The van der Waals surface area contributed by atoms with Gasteiger partial charge in [0.25, 0.3) is 0 Å². The molecule has 1 rings (SSSR count). The quantitative estimate of drug-likeness (QED) is 0.745. The highest BCUT2D eigenvalue weighted by molar-refractivity contribution is 8.00. The van der Waals surface area contributed by atoms with Crippen molar-refractivity contribution < 1.29 is 4.79 Å². The molecule has 1 heterocycles. The number of hydrogen-bond acceptors (Lipinski definition) is 4. The number of thioether (sulfide) groups is 1. The SMILES string of the molecule is CC(SCCN(C)C)C(=O)c1ccc(Cl)s1. The van der Waals surface area contributed by atoms with Crippen LogP contribution in [0, 0.1) is 0 Å². The van der Waals surface area contributed by atoms with E-state index in [-0.39, 0.29) is 11.0 Å². The lowest BCUT2D eigenvalue weighted by atomic mass is 10.2. The number of ketones is 1. The first kappa shape index (κ1) is 14.0. The van der Waals surface area contributed by atoms with E-state index < -0.39 is 0 Å². The normalized spacial score (nSPS) is 13.1. The van der Waals surface area contributed by atoms with Gasteiger partial charge in [0, 0.05) is 12.3 Å². The van der Waals surface area contributed by atoms with Crippen LogP contribution in [-0.4, -0.2) is 42.3 Å². The topological polar surface area (TPSA) is 20.3 Å². The molecule has 0 spiro atoms. The lowest BCUT2D eigenvalue weighted by Gasteiger charge is -2.12. The highest BCUT2D eigenvalue weighted by Crippen LogP contribution is 2.25. The molecule has 0 aliphatic heterocycles. The van der Waals surface area contributed by atoms with E-state index in [1.165, 1.54) is 11.3 Å². The third-order valence-electron chi connectivity index (χ3n) is 2.09. The largest absolute Gasteiger partial charge is 0.309 e. The van der Waals surface area contributed by atoms with E-state index in [0.717, 1.165) is 17.2 Å². The minimum Gasteiger partial charge on any atom is -0.309 e. The number of thiophene rings is 1. The van der Waals surface area contributed by atoms with Crippen molar-refractivity contribution in [3.8, 4) is 0 Å². The van der Waals surface area contributed by atoms with Crippen LogP contribution >= 0.6 is 34.7 Å². The molecular formula is C11H16ClNOS2. The molecule has 90 valence electrons. The van der Waals surface area contributed by atoms with Gasteiger partial charge in [0.1, 0.15) is 0 Å². The van der Waals surface area contributed by atoms with Crippen molar-refractivity contribution in [2.75, 3.05) is 26.4 Å². The Morgan fingerprint density at radius 3 is 2.75 bits per heavy atom. The Balaban J connectivity index is 2.42. The van der Waals surface area contributed by atoms with Gasteiger partial charge in [-0.1, -0.05) is 11.6 Å². The molecule has 0 amide bonds. The highest BCUT2D eigenvalue weighted by atomic mass is 35.5. The van der Waals surface area contributed by atoms with E-state index in [0.29, 0.717) is 4.34 Å². The molecular weight excluding hydrogens is 262 g/mol. The minimum atomic E-state index is 0.00895. The third kappa shape index (κ3) is 4.45. The van der Waals surface area contributed by atoms with E-state index in [1.54, 1.807) is 23.9 Å². The first-order valence-corrected chi connectivity index (χ1v) is 7.31. The van der Waals surface area contributed by atoms with Crippen LogP contribution < -0.4 is 0 Å². The molecule has 0 aliphatic rings. The third-order valence-corrected chi connectivity index (χ3v) is 4.47. The fraction of sp³-hybridized carbons (Fsp3) is 0.545. The second-order valence-corrected chi connectivity index (χ2v) is 6.95. The standard InChI is InChI=1S/C11H16ClNOS2/c1-8(15-7-6-13(2)3)11(14)9-4-5-10(12)16-9/h4-5,8H,6-7H2,1-3H3. The molecule has 0 fully saturated rings. The molecule has 1 aromatic rings. The summed E-state index contributed by atoms with van der Waals surface area (Å²) >= 11 is 8.85. The molecule has 0 saturated heterocycles. The van der Waals surface area contributed by atoms with E-state index in [1.807, 2.05) is 21.0 Å². The van der Waals surface area contributed by atoms with E-state index >= 15 is 0 Å². The molecule has 2 nitrogen and oxygen atoms in total. The zero-order valence-corrected chi connectivity index (χ0v) is 12.1. The van der Waals surface area contributed by atoms with Gasteiger partial charge in [-0.05, 0) is 33.2 Å². The average Bonchev–Trinajstić information content (AvgIpc) is 2.63. The number of carbonyl (C=O) groups is 1. The summed E-state index contributed by atoms with van der Waals surface area (Å²) in [5.74, 6) is 1.15. The summed E-state index contributed by atoms with van der Waals surface area (Å²) < 4.78 is 0.675. The van der Waals surface area contributed by atoms with E-state index in [4.69, 9.17) is 11.6 Å². The van der Waals surface area contributed by atoms with Crippen LogP contribution in [0.2, 0.25) is 4.34 Å². The van der Waals surface area contributed by atoms with E-state index in [2.05, 4.69) is 4.90 Å². The Hall–Kier alpha value is -0.0300. The van der Waals surface area contributed by atoms with Crippen molar-refractivity contribution >= 4 is 40.5 Å². The Morgan fingerprint density at radius 1 is 1.56 bits per heavy atom. The first-order chi connectivity index (χ1) is 7.50. The summed E-state index contributed by atoms with van der Waals surface area (Å²) in [6, 6.07) is 3.58. The van der Waals surface area contributed by atoms with Gasteiger partial charge in [-0.25, -0.2) is 0 Å². The number of nitrogens with zero attached hydrogens (tertiary/aromatic N) is 1. The lowest BCUT2D eigenvalue weighted by Crippen LogP contribution is -2.18. The second-order valence-electron chi connectivity index (χ2n) is 3.78. The zero-order valence-electron chi connectivity index (χ0n) is 9.70. The Bertz CT molecular complexity index is 352. The molecule has 1 atom stereocenters. The minimum absolute atomic E-state index is 0.00895. The number of Topliss-reactive ketones (excluding diaryl/α,β-unsaturated/α-hetero) is 1. The monoisotopic (exact) mass is 277 g/mol. The van der Waals surface area contributed by atoms with Crippen LogP contribution in [0.5, 0.6) is 0 Å². The fourth-order valence-electron chi connectivity index (χ4n) is 1.13. The number of carbonyl (C=O) groups excluding carboxylic acids is 1. The molecule has 0 aliphatic carbocycles. The van der Waals surface area contributed by atoms with Gasteiger partial charge in [-0.15, -0.1) is 23.1 Å². The number of halogens is 1. The number of rotatable bonds is 6. The van der Waals surface area contributed by atoms with Crippen LogP contribution in [-0.2, 0) is 0 Å². The van der Waals surface area contributed by atoms with Gasteiger partial charge in [-0.3, -0.25) is 4.79 Å². The van der Waals surface area contributed by atoms with Crippen molar-refractivity contribution in [1.82, 2.24) is 4.90 Å². The lowest BCUT2D eigenvalue weighted by molar-refractivity contribution is 0.0998. The number of hydrogen-bond donors (Lipinski definition) is 0. The maximum Gasteiger partial charge on any atom is 0.185 e. The van der Waals surface area contributed by atoms with Crippen molar-refractivity contribution in [2.45, 2.75) is 12.2 Å². The van der Waals surface area contributed by atoms with Gasteiger partial charge in [0.2, 0.25) is 0 Å². The van der Waals surface area contributed by atoms with Crippen molar-refractivity contribution in [2.24, 2.45) is 0 Å². The highest BCUT2D eigenvalue weighted by Gasteiger charge is 2.17. The predicted molar refractivity (Wildman–Crippen MR) is 74.1 cm³/mol. The maximum atomic E-state index is 12.0. The molecule has 5 heteroatoms. The van der Waals surface area contributed by atoms with Crippen molar-refractivity contribution in [3.63, 3.8) is 0 Å². The summed E-state index contributed by atoms with van der Waals surface area (Å²) in [4.78, 5) is 14.8. The van der Waals surface area contributed by atoms with Crippen LogP contribution in [0.4, 0.5) is 0 Å². The fourth-order valence-corrected chi connectivity index (χ4v) is 3.38. The molecule has 0 bridgehead atoms. The molecule has 0 N–H and O–H groups in total. The van der Waals surface area contributed by atoms with Crippen LogP contribution in [0.1, 0.15) is 16.6 Å². The maximum absolute atomic E-state index is 12.0. The average molecular weight is 278 g/mol. The summed E-state index contributed by atoms with van der Waals surface area (Å²) in [7, 11) is 4.07. The smallest absolute Gasteiger partial charge is 0.185 e. The second kappa shape index (κ2) is 6.64. The summed E-state index contributed by atoms with van der Waals surface area (Å²) in [6.07, 6.45) is 0. The summed E-state index contributed by atoms with van der Waals surface area (Å²) in [5, 5.41) is 0.00895.